The van der Waals surface area contributed by atoms with Crippen molar-refractivity contribution in [2.24, 2.45) is 0 Å². The summed E-state index contributed by atoms with van der Waals surface area (Å²) < 4.78 is 32.3. The fourth-order valence-electron chi connectivity index (χ4n) is 2.22. The molecule has 1 unspecified atom stereocenters. The van der Waals surface area contributed by atoms with Gasteiger partial charge in [0.2, 0.25) is 0 Å². The predicted octanol–water partition coefficient (Wildman–Crippen LogP) is 3.58. The topological polar surface area (TPSA) is 37.9 Å². The van der Waals surface area contributed by atoms with Gasteiger partial charge in [0, 0.05) is 13.2 Å². The average molecular weight is 274 g/mol. The van der Waals surface area contributed by atoms with Gasteiger partial charge in [0.1, 0.15) is 23.3 Å². The molecule has 0 fully saturated rings. The summed E-state index contributed by atoms with van der Waals surface area (Å²) in [5, 5.41) is 0. The van der Waals surface area contributed by atoms with E-state index >= 15 is 0 Å². The van der Waals surface area contributed by atoms with Crippen molar-refractivity contribution in [1.29, 1.82) is 0 Å². The minimum absolute atomic E-state index is 0.111. The molecule has 0 saturated carbocycles. The number of rotatable bonds is 3. The lowest BCUT2D eigenvalue weighted by molar-refractivity contribution is 0.130. The Labute approximate surface area is 114 Å². The first-order valence-electron chi connectivity index (χ1n) is 6.11. The molecule has 20 heavy (non-hydrogen) atoms. The summed E-state index contributed by atoms with van der Waals surface area (Å²) in [6.07, 6.45) is -0.453. The lowest BCUT2D eigenvalue weighted by atomic mass is 10.1. The molecule has 2 aromatic carbocycles. The Morgan fingerprint density at radius 3 is 2.60 bits per heavy atom. The SMILES string of the molecule is COC(c1ccccc1)c1nc2c(F)cc(F)cc2[nH]1. The van der Waals surface area contributed by atoms with E-state index in [1.807, 2.05) is 30.3 Å². The van der Waals surface area contributed by atoms with Crippen molar-refractivity contribution in [2.75, 3.05) is 7.11 Å². The number of aromatic amines is 1. The van der Waals surface area contributed by atoms with Crippen molar-refractivity contribution in [1.82, 2.24) is 9.97 Å². The minimum atomic E-state index is -0.689. The largest absolute Gasteiger partial charge is 0.369 e. The molecular formula is C15H12F2N2O. The highest BCUT2D eigenvalue weighted by atomic mass is 19.1. The molecule has 0 aliphatic rings. The third-order valence-corrected chi connectivity index (χ3v) is 3.11. The highest BCUT2D eigenvalue weighted by Crippen LogP contribution is 2.26. The van der Waals surface area contributed by atoms with Crippen molar-refractivity contribution >= 4 is 11.0 Å². The van der Waals surface area contributed by atoms with Gasteiger partial charge >= 0.3 is 0 Å². The van der Waals surface area contributed by atoms with Crippen LogP contribution >= 0.6 is 0 Å². The minimum Gasteiger partial charge on any atom is -0.369 e. The van der Waals surface area contributed by atoms with E-state index in [9.17, 15) is 8.78 Å². The van der Waals surface area contributed by atoms with Crippen molar-refractivity contribution in [3.63, 3.8) is 0 Å². The quantitative estimate of drug-likeness (QED) is 0.792. The standard InChI is InChI=1S/C15H12F2N2O/c1-20-14(9-5-3-2-4-6-9)15-18-12-8-10(16)7-11(17)13(12)19-15/h2-8,14H,1H3,(H,18,19). The normalized spacial score (nSPS) is 12.8. The number of ether oxygens (including phenoxy) is 1. The van der Waals surface area contributed by atoms with E-state index in [1.165, 1.54) is 6.07 Å². The van der Waals surface area contributed by atoms with Gasteiger partial charge in [-0.25, -0.2) is 13.8 Å². The fraction of sp³-hybridized carbons (Fsp3) is 0.133. The zero-order valence-electron chi connectivity index (χ0n) is 10.7. The smallest absolute Gasteiger partial charge is 0.153 e. The van der Waals surface area contributed by atoms with E-state index in [2.05, 4.69) is 9.97 Å². The van der Waals surface area contributed by atoms with Crippen molar-refractivity contribution in [3.8, 4) is 0 Å². The molecule has 0 bridgehead atoms. The van der Waals surface area contributed by atoms with Gasteiger partial charge in [-0.1, -0.05) is 30.3 Å². The number of halogens is 2. The maximum atomic E-state index is 13.7. The summed E-state index contributed by atoms with van der Waals surface area (Å²) in [5.74, 6) is -0.887. The molecule has 0 saturated heterocycles. The predicted molar refractivity (Wildman–Crippen MR) is 71.3 cm³/mol. The highest BCUT2D eigenvalue weighted by Gasteiger charge is 2.19. The molecule has 3 rings (SSSR count). The van der Waals surface area contributed by atoms with Gasteiger partial charge in [-0.2, -0.15) is 0 Å². The van der Waals surface area contributed by atoms with Crippen LogP contribution in [0.1, 0.15) is 17.5 Å². The van der Waals surface area contributed by atoms with Crippen LogP contribution in [0.15, 0.2) is 42.5 Å². The molecule has 0 aliphatic carbocycles. The number of hydrogen-bond acceptors (Lipinski definition) is 2. The number of aromatic nitrogens is 2. The molecule has 0 aliphatic heterocycles. The van der Waals surface area contributed by atoms with Crippen molar-refractivity contribution in [3.05, 3.63) is 65.5 Å². The van der Waals surface area contributed by atoms with E-state index in [-0.39, 0.29) is 5.52 Å². The lowest BCUT2D eigenvalue weighted by Gasteiger charge is -2.12. The van der Waals surface area contributed by atoms with Crippen molar-refractivity contribution in [2.45, 2.75) is 6.10 Å². The van der Waals surface area contributed by atoms with Crippen LogP contribution in [-0.2, 0) is 4.74 Å². The second kappa shape index (κ2) is 5.02. The molecular weight excluding hydrogens is 262 g/mol. The van der Waals surface area contributed by atoms with Gasteiger partial charge in [0.15, 0.2) is 5.82 Å². The molecule has 0 amide bonds. The number of fused-ring (bicyclic) bond motifs is 1. The van der Waals surface area contributed by atoms with Gasteiger partial charge in [-0.05, 0) is 11.6 Å². The van der Waals surface area contributed by atoms with Crippen LogP contribution in [-0.4, -0.2) is 17.1 Å². The molecule has 0 radical (unpaired) electrons. The third kappa shape index (κ3) is 2.16. The summed E-state index contributed by atoms with van der Waals surface area (Å²) in [5.41, 5.74) is 1.31. The Kier molecular flexibility index (Phi) is 3.20. The number of H-pyrrole nitrogens is 1. The van der Waals surface area contributed by atoms with Crippen LogP contribution < -0.4 is 0 Å². The first-order valence-corrected chi connectivity index (χ1v) is 6.11. The third-order valence-electron chi connectivity index (χ3n) is 3.11. The fourth-order valence-corrected chi connectivity index (χ4v) is 2.22. The van der Waals surface area contributed by atoms with Gasteiger partial charge in [0.05, 0.1) is 5.52 Å². The molecule has 1 N–H and O–H groups in total. The highest BCUT2D eigenvalue weighted by molar-refractivity contribution is 5.76. The maximum absolute atomic E-state index is 13.7. The molecule has 5 heteroatoms. The number of imidazole rings is 1. The van der Waals surface area contributed by atoms with Crippen LogP contribution in [0.5, 0.6) is 0 Å². The summed E-state index contributed by atoms with van der Waals surface area (Å²) in [7, 11) is 1.54. The zero-order valence-corrected chi connectivity index (χ0v) is 10.7. The van der Waals surface area contributed by atoms with Crippen LogP contribution in [0.25, 0.3) is 11.0 Å². The Morgan fingerprint density at radius 2 is 1.90 bits per heavy atom. The molecule has 3 nitrogen and oxygen atoms in total. The first-order chi connectivity index (χ1) is 9.69. The number of methoxy groups -OCH3 is 1. The molecule has 1 atom stereocenters. The Bertz CT molecular complexity index is 740. The van der Waals surface area contributed by atoms with Gasteiger partial charge in [-0.3, -0.25) is 0 Å². The molecule has 102 valence electrons. The van der Waals surface area contributed by atoms with Gasteiger partial charge in [-0.15, -0.1) is 0 Å². The van der Waals surface area contributed by atoms with E-state index < -0.39 is 17.7 Å². The van der Waals surface area contributed by atoms with Gasteiger partial charge in [0.25, 0.3) is 0 Å². The number of nitrogens with one attached hydrogen (secondary N) is 1. The van der Waals surface area contributed by atoms with E-state index in [4.69, 9.17) is 4.74 Å². The second-order valence-corrected chi connectivity index (χ2v) is 4.43. The molecule has 1 aromatic heterocycles. The van der Waals surface area contributed by atoms with Crippen LogP contribution in [0, 0.1) is 11.6 Å². The molecule has 0 spiro atoms. The molecule has 3 aromatic rings. The lowest BCUT2D eigenvalue weighted by Crippen LogP contribution is -2.05. The van der Waals surface area contributed by atoms with Crippen LogP contribution in [0.3, 0.4) is 0 Å². The number of hydrogen-bond donors (Lipinski definition) is 1. The maximum Gasteiger partial charge on any atom is 0.153 e. The van der Waals surface area contributed by atoms with Gasteiger partial charge < -0.3 is 9.72 Å². The van der Waals surface area contributed by atoms with Crippen molar-refractivity contribution < 1.29 is 13.5 Å². The van der Waals surface area contributed by atoms with Crippen LogP contribution in [0.2, 0.25) is 0 Å². The van der Waals surface area contributed by atoms with Crippen LogP contribution in [0.4, 0.5) is 8.78 Å². The Hall–Kier alpha value is -2.27. The van der Waals surface area contributed by atoms with E-state index in [0.29, 0.717) is 11.3 Å². The van der Waals surface area contributed by atoms with E-state index in [0.717, 1.165) is 11.6 Å². The summed E-state index contributed by atoms with van der Waals surface area (Å²) in [6, 6.07) is 11.5. The van der Waals surface area contributed by atoms with E-state index in [1.54, 1.807) is 7.11 Å². The summed E-state index contributed by atoms with van der Waals surface area (Å²) in [6.45, 7) is 0. The summed E-state index contributed by atoms with van der Waals surface area (Å²) in [4.78, 5) is 7.09. The molecule has 1 heterocycles. The summed E-state index contributed by atoms with van der Waals surface area (Å²) >= 11 is 0. The monoisotopic (exact) mass is 274 g/mol. The first kappa shape index (κ1) is 12.7. The number of nitrogens with zero attached hydrogens (tertiary/aromatic N) is 1. The Balaban J connectivity index is 2.11. The number of benzene rings is 2. The zero-order chi connectivity index (χ0) is 14.1. The average Bonchev–Trinajstić information content (AvgIpc) is 2.84. The second-order valence-electron chi connectivity index (χ2n) is 4.43. The Morgan fingerprint density at radius 1 is 1.15 bits per heavy atom.